The van der Waals surface area contributed by atoms with Crippen molar-refractivity contribution in [3.8, 4) is 16.3 Å². The predicted molar refractivity (Wildman–Crippen MR) is 102 cm³/mol. The van der Waals surface area contributed by atoms with Gasteiger partial charge in [-0.05, 0) is 36.6 Å². The van der Waals surface area contributed by atoms with Crippen molar-refractivity contribution in [1.82, 2.24) is 10.1 Å². The lowest BCUT2D eigenvalue weighted by Gasteiger charge is -2.09. The molecule has 0 amide bonds. The first kappa shape index (κ1) is 18.1. The highest BCUT2D eigenvalue weighted by molar-refractivity contribution is 7.13. The van der Waals surface area contributed by atoms with Crippen molar-refractivity contribution in [2.45, 2.75) is 6.92 Å². The molecule has 3 aromatic heterocycles. The largest absolute Gasteiger partial charge is 0.487 e. The molecule has 4 aromatic rings. The number of carbonyl (C=O) groups is 1. The number of nitrogens with zero attached hydrogens (tertiary/aromatic N) is 2. The van der Waals surface area contributed by atoms with Crippen molar-refractivity contribution < 1.29 is 23.2 Å². The van der Waals surface area contributed by atoms with Gasteiger partial charge in [-0.3, -0.25) is 0 Å². The molecule has 0 unspecified atom stereocenters. The third-order valence-corrected chi connectivity index (χ3v) is 4.91. The number of halogens is 1. The van der Waals surface area contributed by atoms with E-state index < -0.39 is 11.8 Å². The summed E-state index contributed by atoms with van der Waals surface area (Å²) in [6.07, 6.45) is 0. The molecule has 0 spiro atoms. The van der Waals surface area contributed by atoms with Crippen LogP contribution in [0.4, 0.5) is 4.39 Å². The van der Waals surface area contributed by atoms with Crippen molar-refractivity contribution in [3.05, 3.63) is 64.9 Å². The van der Waals surface area contributed by atoms with Crippen LogP contribution in [0.3, 0.4) is 0 Å². The van der Waals surface area contributed by atoms with Gasteiger partial charge in [0.15, 0.2) is 11.6 Å². The first-order valence-corrected chi connectivity index (χ1v) is 9.37. The summed E-state index contributed by atoms with van der Waals surface area (Å²) < 4.78 is 29.4. The maximum atomic E-state index is 13.5. The van der Waals surface area contributed by atoms with Gasteiger partial charge < -0.3 is 14.0 Å². The molecule has 8 heteroatoms. The number of para-hydroxylation sites is 1. The fourth-order valence-electron chi connectivity index (χ4n) is 2.73. The van der Waals surface area contributed by atoms with Gasteiger partial charge in [-0.15, -0.1) is 11.3 Å². The molecule has 0 aliphatic carbocycles. The Morgan fingerprint density at radius 1 is 1.21 bits per heavy atom. The molecule has 1 aromatic carbocycles. The van der Waals surface area contributed by atoms with Crippen LogP contribution in [0.15, 0.2) is 52.4 Å². The standard InChI is InChI=1S/C20H15FN2O4S/c1-12-18-13(11-15(17-7-4-10-28-17)22-19(18)27-23-12)20(24)26-9-8-25-16-6-3-2-5-14(16)21/h2-7,10-11H,8-9H2,1H3. The van der Waals surface area contributed by atoms with E-state index in [1.165, 1.54) is 23.5 Å². The number of hydrogen-bond donors (Lipinski definition) is 0. The second-order valence-electron chi connectivity index (χ2n) is 5.90. The van der Waals surface area contributed by atoms with Gasteiger partial charge >= 0.3 is 5.97 Å². The quantitative estimate of drug-likeness (QED) is 0.348. The Bertz CT molecular complexity index is 1120. The molecule has 6 nitrogen and oxygen atoms in total. The van der Waals surface area contributed by atoms with E-state index in [1.54, 1.807) is 25.1 Å². The number of fused-ring (bicyclic) bond motifs is 1. The Labute approximate surface area is 163 Å². The third-order valence-electron chi connectivity index (χ3n) is 4.02. The van der Waals surface area contributed by atoms with E-state index in [0.29, 0.717) is 22.3 Å². The summed E-state index contributed by atoms with van der Waals surface area (Å²) >= 11 is 1.50. The number of rotatable bonds is 6. The lowest BCUT2D eigenvalue weighted by atomic mass is 10.1. The highest BCUT2D eigenvalue weighted by Gasteiger charge is 2.20. The van der Waals surface area contributed by atoms with Crippen LogP contribution in [0.1, 0.15) is 16.1 Å². The summed E-state index contributed by atoms with van der Waals surface area (Å²) in [5.74, 6) is -0.904. The van der Waals surface area contributed by atoms with Gasteiger partial charge in [0.1, 0.15) is 13.2 Å². The average molecular weight is 398 g/mol. The van der Waals surface area contributed by atoms with E-state index in [9.17, 15) is 9.18 Å². The van der Waals surface area contributed by atoms with Crippen molar-refractivity contribution in [2.24, 2.45) is 0 Å². The van der Waals surface area contributed by atoms with Gasteiger partial charge in [0.05, 0.1) is 27.2 Å². The van der Waals surface area contributed by atoms with E-state index in [1.807, 2.05) is 17.5 Å². The van der Waals surface area contributed by atoms with Gasteiger partial charge in [0.2, 0.25) is 0 Å². The lowest BCUT2D eigenvalue weighted by Crippen LogP contribution is -2.13. The van der Waals surface area contributed by atoms with E-state index in [-0.39, 0.29) is 24.7 Å². The number of pyridine rings is 1. The van der Waals surface area contributed by atoms with Crippen LogP contribution in [0, 0.1) is 12.7 Å². The van der Waals surface area contributed by atoms with Crippen molar-refractivity contribution in [3.63, 3.8) is 0 Å². The summed E-state index contributed by atoms with van der Waals surface area (Å²) in [7, 11) is 0. The van der Waals surface area contributed by atoms with Crippen LogP contribution in [0.5, 0.6) is 5.75 Å². The Kier molecular flexibility index (Phi) is 5.03. The smallest absolute Gasteiger partial charge is 0.339 e. The van der Waals surface area contributed by atoms with Crippen molar-refractivity contribution in [2.75, 3.05) is 13.2 Å². The molecule has 28 heavy (non-hydrogen) atoms. The number of ether oxygens (including phenoxy) is 2. The second kappa shape index (κ2) is 7.77. The monoisotopic (exact) mass is 398 g/mol. The maximum absolute atomic E-state index is 13.5. The highest BCUT2D eigenvalue weighted by Crippen LogP contribution is 2.29. The fraction of sp³-hybridized carbons (Fsp3) is 0.150. The second-order valence-corrected chi connectivity index (χ2v) is 6.84. The maximum Gasteiger partial charge on any atom is 0.339 e. The van der Waals surface area contributed by atoms with Crippen LogP contribution < -0.4 is 4.74 Å². The number of aromatic nitrogens is 2. The molecule has 3 heterocycles. The van der Waals surface area contributed by atoms with E-state index in [4.69, 9.17) is 14.0 Å². The van der Waals surface area contributed by atoms with Gasteiger partial charge in [0, 0.05) is 0 Å². The van der Waals surface area contributed by atoms with Crippen LogP contribution in [0.2, 0.25) is 0 Å². The zero-order valence-corrected chi connectivity index (χ0v) is 15.7. The summed E-state index contributed by atoms with van der Waals surface area (Å²) in [5.41, 5.74) is 1.75. The minimum absolute atomic E-state index is 0.0291. The molecule has 142 valence electrons. The minimum atomic E-state index is -0.548. The molecule has 0 saturated heterocycles. The van der Waals surface area contributed by atoms with E-state index >= 15 is 0 Å². The zero-order valence-electron chi connectivity index (χ0n) is 14.8. The lowest BCUT2D eigenvalue weighted by molar-refractivity contribution is 0.0450. The fourth-order valence-corrected chi connectivity index (χ4v) is 3.42. The first-order chi connectivity index (χ1) is 13.6. The number of benzene rings is 1. The summed E-state index contributed by atoms with van der Waals surface area (Å²) in [5, 5.41) is 6.33. The molecule has 0 aliphatic rings. The van der Waals surface area contributed by atoms with Crippen molar-refractivity contribution >= 4 is 28.4 Å². The van der Waals surface area contributed by atoms with Crippen LogP contribution in [0.25, 0.3) is 21.7 Å². The van der Waals surface area contributed by atoms with Gasteiger partial charge in [-0.25, -0.2) is 14.2 Å². The Morgan fingerprint density at radius 2 is 2.07 bits per heavy atom. The first-order valence-electron chi connectivity index (χ1n) is 8.49. The normalized spacial score (nSPS) is 10.9. The average Bonchev–Trinajstić information content (AvgIpc) is 3.36. The highest BCUT2D eigenvalue weighted by atomic mass is 32.1. The van der Waals surface area contributed by atoms with Crippen LogP contribution in [-0.4, -0.2) is 29.3 Å². The van der Waals surface area contributed by atoms with Crippen LogP contribution in [-0.2, 0) is 4.74 Å². The summed E-state index contributed by atoms with van der Waals surface area (Å²) in [4.78, 5) is 18.0. The number of aryl methyl sites for hydroxylation is 1. The molecule has 0 fully saturated rings. The third kappa shape index (κ3) is 3.59. The molecule has 0 atom stereocenters. The van der Waals surface area contributed by atoms with Gasteiger partial charge in [-0.1, -0.05) is 23.4 Å². The number of thiophene rings is 1. The summed E-state index contributed by atoms with van der Waals surface area (Å²) in [6, 6.07) is 11.5. The van der Waals surface area contributed by atoms with Gasteiger partial charge in [0.25, 0.3) is 5.71 Å². The molecular weight excluding hydrogens is 383 g/mol. The Morgan fingerprint density at radius 3 is 2.86 bits per heavy atom. The predicted octanol–water partition coefficient (Wildman–Crippen LogP) is 4.63. The molecule has 0 saturated carbocycles. The van der Waals surface area contributed by atoms with Crippen molar-refractivity contribution in [1.29, 1.82) is 0 Å². The minimum Gasteiger partial charge on any atom is -0.487 e. The number of hydrogen-bond acceptors (Lipinski definition) is 7. The molecule has 0 bridgehead atoms. The van der Waals surface area contributed by atoms with E-state index in [0.717, 1.165) is 4.88 Å². The SMILES string of the molecule is Cc1noc2nc(-c3cccs3)cc(C(=O)OCCOc3ccccc3F)c12. The van der Waals surface area contributed by atoms with E-state index in [2.05, 4.69) is 10.1 Å². The zero-order chi connectivity index (χ0) is 19.5. The van der Waals surface area contributed by atoms with Crippen LogP contribution >= 0.6 is 11.3 Å². The number of esters is 1. The topological polar surface area (TPSA) is 74.5 Å². The molecule has 0 N–H and O–H groups in total. The Hall–Kier alpha value is -3.26. The molecule has 4 rings (SSSR count). The molecule has 0 radical (unpaired) electrons. The Balaban J connectivity index is 1.52. The molecular formula is C20H15FN2O4S. The number of carbonyl (C=O) groups excluding carboxylic acids is 1. The van der Waals surface area contributed by atoms with Gasteiger partial charge in [-0.2, -0.15) is 0 Å². The molecule has 0 aliphatic heterocycles. The summed E-state index contributed by atoms with van der Waals surface area (Å²) in [6.45, 7) is 1.73.